The van der Waals surface area contributed by atoms with E-state index in [1.165, 1.54) is 12.1 Å². The highest BCUT2D eigenvalue weighted by atomic mass is 19.1. The number of nitrogens with one attached hydrogen (secondary N) is 2. The van der Waals surface area contributed by atoms with Gasteiger partial charge in [-0.3, -0.25) is 9.59 Å². The zero-order valence-electron chi connectivity index (χ0n) is 20.1. The molecule has 2 N–H and O–H groups in total. The molecule has 184 valence electrons. The maximum Gasteiger partial charge on any atom is 0.242 e. The normalized spacial score (nSPS) is 16.8. The molecular weight excluding hydrogens is 453 g/mol. The summed E-state index contributed by atoms with van der Waals surface area (Å²) in [5.74, 6) is -0.678. The van der Waals surface area contributed by atoms with Gasteiger partial charge in [-0.2, -0.15) is 0 Å². The fourth-order valence-corrected chi connectivity index (χ4v) is 5.08. The Morgan fingerprint density at radius 3 is 2.56 bits per heavy atom. The molecule has 1 aromatic heterocycles. The second kappa shape index (κ2) is 10.8. The highest BCUT2D eigenvalue weighted by Gasteiger charge is 2.26. The van der Waals surface area contributed by atoms with Crippen LogP contribution >= 0.6 is 0 Å². The number of benzene rings is 3. The third-order valence-electron chi connectivity index (χ3n) is 6.92. The average molecular weight is 484 g/mol. The predicted octanol–water partition coefficient (Wildman–Crippen LogP) is 5.14. The minimum absolute atomic E-state index is 0.104. The van der Waals surface area contributed by atoms with Gasteiger partial charge in [0.25, 0.3) is 0 Å². The zero-order chi connectivity index (χ0) is 24.9. The number of para-hydroxylation sites is 1. The zero-order valence-corrected chi connectivity index (χ0v) is 20.1. The van der Waals surface area contributed by atoms with Crippen LogP contribution in [0.3, 0.4) is 0 Å². The van der Waals surface area contributed by atoms with Crippen LogP contribution in [-0.4, -0.2) is 29.0 Å². The highest BCUT2D eigenvalue weighted by molar-refractivity contribution is 5.89. The van der Waals surface area contributed by atoms with Crippen LogP contribution in [0.5, 0.6) is 0 Å². The number of hydrogen-bond acceptors (Lipinski definition) is 2. The van der Waals surface area contributed by atoms with E-state index in [1.54, 1.807) is 12.1 Å². The van der Waals surface area contributed by atoms with Crippen molar-refractivity contribution in [3.05, 3.63) is 108 Å². The second-order valence-corrected chi connectivity index (χ2v) is 9.43. The minimum Gasteiger partial charge on any atom is -0.354 e. The van der Waals surface area contributed by atoms with Gasteiger partial charge < -0.3 is 15.2 Å². The van der Waals surface area contributed by atoms with Crippen LogP contribution in [0.25, 0.3) is 10.9 Å². The number of nitrogens with zero attached hydrogens (tertiary/aromatic N) is 1. The van der Waals surface area contributed by atoms with Crippen molar-refractivity contribution in [1.82, 2.24) is 15.2 Å². The molecule has 5 nitrogen and oxygen atoms in total. The molecule has 2 amide bonds. The Kier molecular flexibility index (Phi) is 7.12. The first-order chi connectivity index (χ1) is 17.6. The van der Waals surface area contributed by atoms with Crippen LogP contribution in [0.15, 0.2) is 85.1 Å². The van der Waals surface area contributed by atoms with Crippen molar-refractivity contribution in [1.29, 1.82) is 0 Å². The van der Waals surface area contributed by atoms with Crippen LogP contribution in [0.4, 0.5) is 4.39 Å². The van der Waals surface area contributed by atoms with Crippen molar-refractivity contribution >= 4 is 22.7 Å². The van der Waals surface area contributed by atoms with Crippen LogP contribution in [0.1, 0.15) is 48.3 Å². The number of amides is 2. The molecule has 3 aromatic carbocycles. The van der Waals surface area contributed by atoms with Gasteiger partial charge in [0.2, 0.25) is 11.8 Å². The van der Waals surface area contributed by atoms with Crippen molar-refractivity contribution in [2.45, 2.75) is 44.2 Å². The number of fused-ring (bicyclic) bond motifs is 1. The summed E-state index contributed by atoms with van der Waals surface area (Å²) in [7, 11) is 0. The molecule has 0 spiro atoms. The Labute approximate surface area is 210 Å². The molecule has 1 saturated heterocycles. The molecule has 1 fully saturated rings. The van der Waals surface area contributed by atoms with Crippen molar-refractivity contribution in [3.8, 4) is 0 Å². The number of halogens is 1. The summed E-state index contributed by atoms with van der Waals surface area (Å²) in [6.07, 6.45) is 4.83. The lowest BCUT2D eigenvalue weighted by Gasteiger charge is -2.20. The molecule has 0 bridgehead atoms. The Bertz CT molecular complexity index is 1350. The minimum atomic E-state index is -0.490. The summed E-state index contributed by atoms with van der Waals surface area (Å²) < 4.78 is 15.6. The quantitative estimate of drug-likeness (QED) is 0.383. The fraction of sp³-hybridized carbons (Fsp3) is 0.267. The molecule has 2 heterocycles. The van der Waals surface area contributed by atoms with Crippen LogP contribution in [-0.2, 0) is 16.1 Å². The van der Waals surface area contributed by atoms with Gasteiger partial charge in [-0.05, 0) is 54.2 Å². The van der Waals surface area contributed by atoms with E-state index in [9.17, 15) is 14.0 Å². The maximum atomic E-state index is 13.4. The topological polar surface area (TPSA) is 63.1 Å². The smallest absolute Gasteiger partial charge is 0.242 e. The Balaban J connectivity index is 1.48. The highest BCUT2D eigenvalue weighted by Crippen LogP contribution is 2.35. The summed E-state index contributed by atoms with van der Waals surface area (Å²) in [6.45, 7) is 1.25. The van der Waals surface area contributed by atoms with E-state index < -0.39 is 6.04 Å². The molecule has 1 aliphatic rings. The first-order valence-corrected chi connectivity index (χ1v) is 12.5. The van der Waals surface area contributed by atoms with Crippen molar-refractivity contribution in [2.24, 2.45) is 0 Å². The van der Waals surface area contributed by atoms with Crippen LogP contribution in [0, 0.1) is 5.82 Å². The van der Waals surface area contributed by atoms with Gasteiger partial charge in [-0.1, -0.05) is 60.7 Å². The SMILES string of the molecule is O=C(CC(c1ccccc1)c1cn(Cc2ccc(F)cc2)c2ccccc12)NC1CCCCNC1=O. The van der Waals surface area contributed by atoms with E-state index in [1.807, 2.05) is 42.5 Å². The first kappa shape index (κ1) is 23.8. The van der Waals surface area contributed by atoms with Gasteiger partial charge in [-0.15, -0.1) is 0 Å². The number of carbonyl (C=O) groups is 2. The van der Waals surface area contributed by atoms with Crippen LogP contribution < -0.4 is 10.6 Å². The summed E-state index contributed by atoms with van der Waals surface area (Å²) in [5, 5.41) is 6.95. The lowest BCUT2D eigenvalue weighted by Crippen LogP contribution is -2.45. The number of rotatable bonds is 7. The van der Waals surface area contributed by atoms with Gasteiger partial charge in [0.15, 0.2) is 0 Å². The standard InChI is InChI=1S/C30H30FN3O2/c31-23-15-13-21(14-16-23)19-34-20-26(24-10-4-5-12-28(24)34)25(22-8-2-1-3-9-22)18-29(35)33-27-11-6-7-17-32-30(27)36/h1-5,8-10,12-16,20,25,27H,6-7,11,17-19H2,(H,32,36)(H,33,35). The molecule has 0 radical (unpaired) electrons. The summed E-state index contributed by atoms with van der Waals surface area (Å²) in [4.78, 5) is 25.7. The van der Waals surface area contributed by atoms with Gasteiger partial charge in [0, 0.05) is 42.5 Å². The first-order valence-electron chi connectivity index (χ1n) is 12.5. The molecule has 4 aromatic rings. The molecule has 2 unspecified atom stereocenters. The van der Waals surface area contributed by atoms with E-state index in [2.05, 4.69) is 33.5 Å². The third kappa shape index (κ3) is 5.33. The number of hydrogen-bond donors (Lipinski definition) is 2. The summed E-state index contributed by atoms with van der Waals surface area (Å²) in [5.41, 5.74) is 4.15. The van der Waals surface area contributed by atoms with E-state index in [-0.39, 0.29) is 30.0 Å². The van der Waals surface area contributed by atoms with Gasteiger partial charge >= 0.3 is 0 Å². The molecule has 0 aliphatic carbocycles. The number of aromatic nitrogens is 1. The average Bonchev–Trinajstić information content (AvgIpc) is 3.13. The van der Waals surface area contributed by atoms with E-state index in [0.717, 1.165) is 40.4 Å². The van der Waals surface area contributed by atoms with Gasteiger partial charge in [0.05, 0.1) is 0 Å². The summed E-state index contributed by atoms with van der Waals surface area (Å²) >= 11 is 0. The molecular formula is C30H30FN3O2. The van der Waals surface area contributed by atoms with Crippen LogP contribution in [0.2, 0.25) is 0 Å². The summed E-state index contributed by atoms with van der Waals surface area (Å²) in [6, 6.07) is 24.2. The largest absolute Gasteiger partial charge is 0.354 e. The molecule has 6 heteroatoms. The van der Waals surface area contributed by atoms with Crippen molar-refractivity contribution < 1.29 is 14.0 Å². The molecule has 36 heavy (non-hydrogen) atoms. The molecule has 5 rings (SSSR count). The monoisotopic (exact) mass is 483 g/mol. The fourth-order valence-electron chi connectivity index (χ4n) is 5.08. The molecule has 1 aliphatic heterocycles. The molecule has 2 atom stereocenters. The Hall–Kier alpha value is -3.93. The molecule has 0 saturated carbocycles. The Morgan fingerprint density at radius 2 is 1.75 bits per heavy atom. The number of carbonyl (C=O) groups excluding carboxylic acids is 2. The van der Waals surface area contributed by atoms with Gasteiger partial charge in [-0.25, -0.2) is 4.39 Å². The van der Waals surface area contributed by atoms with E-state index >= 15 is 0 Å². The maximum absolute atomic E-state index is 13.4. The van der Waals surface area contributed by atoms with E-state index in [0.29, 0.717) is 19.5 Å². The Morgan fingerprint density at radius 1 is 1.00 bits per heavy atom. The lowest BCUT2D eigenvalue weighted by atomic mass is 9.88. The third-order valence-corrected chi connectivity index (χ3v) is 6.92. The van der Waals surface area contributed by atoms with Crippen molar-refractivity contribution in [2.75, 3.05) is 6.54 Å². The van der Waals surface area contributed by atoms with Gasteiger partial charge in [0.1, 0.15) is 11.9 Å². The predicted molar refractivity (Wildman–Crippen MR) is 139 cm³/mol. The second-order valence-electron chi connectivity index (χ2n) is 9.43. The van der Waals surface area contributed by atoms with Crippen molar-refractivity contribution in [3.63, 3.8) is 0 Å². The van der Waals surface area contributed by atoms with E-state index in [4.69, 9.17) is 0 Å². The lowest BCUT2D eigenvalue weighted by molar-refractivity contribution is -0.128.